The van der Waals surface area contributed by atoms with Gasteiger partial charge in [0.25, 0.3) is 11.8 Å². The van der Waals surface area contributed by atoms with Crippen LogP contribution >= 0.6 is 0 Å². The minimum Gasteiger partial charge on any atom is -0.489 e. The Morgan fingerprint density at radius 1 is 0.412 bits per heavy atom. The molecule has 3 atom stereocenters. The van der Waals surface area contributed by atoms with Crippen LogP contribution in [0.4, 0.5) is 11.4 Å². The molecule has 0 aromatic heterocycles. The number of carbonyl (C=O) groups is 7. The Kier molecular flexibility index (Phi) is 22.3. The zero-order valence-corrected chi connectivity index (χ0v) is 43.7. The summed E-state index contributed by atoms with van der Waals surface area (Å²) in [5.74, 6) is -4.03. The normalized spacial score (nSPS) is 11.8. The van der Waals surface area contributed by atoms with Crippen LogP contribution in [0.5, 0.6) is 17.2 Å². The Morgan fingerprint density at radius 3 is 1.35 bits per heavy atom. The first-order valence-corrected chi connectivity index (χ1v) is 25.7. The number of amides is 4. The lowest BCUT2D eigenvalue weighted by Crippen LogP contribution is -2.47. The highest BCUT2D eigenvalue weighted by Gasteiger charge is 2.27. The number of hydrogen-bond donors (Lipinski definition) is 5. The number of esters is 3. The topological polar surface area (TPSA) is 249 Å². The van der Waals surface area contributed by atoms with Gasteiger partial charge in [-0.25, -0.2) is 4.79 Å². The third kappa shape index (κ3) is 19.6. The second-order valence-corrected chi connectivity index (χ2v) is 18.1. The maximum atomic E-state index is 14.3. The van der Waals surface area contributed by atoms with Crippen molar-refractivity contribution in [3.63, 3.8) is 0 Å². The zero-order valence-electron chi connectivity index (χ0n) is 43.7. The Morgan fingerprint density at radius 2 is 0.838 bits per heavy atom. The van der Waals surface area contributed by atoms with Crippen LogP contribution in [-0.2, 0) is 80.6 Å². The minimum absolute atomic E-state index is 0.00183. The van der Waals surface area contributed by atoms with Crippen molar-refractivity contribution in [1.82, 2.24) is 10.6 Å². The number of rotatable bonds is 29. The smallest absolute Gasteiger partial charge is 0.328 e. The van der Waals surface area contributed by atoms with E-state index in [1.165, 1.54) is 18.2 Å². The van der Waals surface area contributed by atoms with Crippen molar-refractivity contribution in [3.8, 4) is 17.2 Å². The molecule has 18 heteroatoms. The van der Waals surface area contributed by atoms with Crippen LogP contribution < -0.4 is 41.2 Å². The lowest BCUT2D eigenvalue weighted by molar-refractivity contribution is -0.151. The Hall–Kier alpha value is -9.81. The molecule has 0 fully saturated rings. The molecule has 0 unspecified atom stereocenters. The predicted molar refractivity (Wildman–Crippen MR) is 296 cm³/mol. The Labute approximate surface area is 462 Å². The second-order valence-electron chi connectivity index (χ2n) is 18.1. The van der Waals surface area contributed by atoms with Gasteiger partial charge in [0.2, 0.25) is 11.8 Å². The van der Waals surface area contributed by atoms with Crippen LogP contribution in [0.25, 0.3) is 0 Å². The molecule has 7 rings (SSSR count). The number of hydrogen-bond acceptors (Lipinski definition) is 14. The van der Waals surface area contributed by atoms with Gasteiger partial charge >= 0.3 is 17.9 Å². The summed E-state index contributed by atoms with van der Waals surface area (Å²) in [7, 11) is 0. The van der Waals surface area contributed by atoms with E-state index in [9.17, 15) is 33.6 Å². The second kappa shape index (κ2) is 30.8. The molecule has 0 bridgehead atoms. The molecule has 0 saturated heterocycles. The average molecular weight is 1080 g/mol. The molecule has 0 saturated carbocycles. The molecular weight excluding hydrogens is 1020 g/mol. The highest BCUT2D eigenvalue weighted by molar-refractivity contribution is 5.99. The number of benzene rings is 7. The first kappa shape index (κ1) is 57.9. The zero-order chi connectivity index (χ0) is 56.3. The van der Waals surface area contributed by atoms with Crippen LogP contribution in [0.3, 0.4) is 0 Å². The maximum absolute atomic E-state index is 14.3. The van der Waals surface area contributed by atoms with Crippen molar-refractivity contribution in [3.05, 3.63) is 222 Å². The Balaban J connectivity index is 0.980. The summed E-state index contributed by atoms with van der Waals surface area (Å²) in [6, 6.07) is 52.7. The van der Waals surface area contributed by atoms with E-state index in [4.69, 9.17) is 34.2 Å². The fraction of sp³-hybridized carbons (Fsp3) is 0.210. The van der Waals surface area contributed by atoms with Crippen molar-refractivity contribution in [2.75, 3.05) is 23.8 Å². The van der Waals surface area contributed by atoms with Gasteiger partial charge in [-0.05, 0) is 70.6 Å². The van der Waals surface area contributed by atoms with Crippen molar-refractivity contribution >= 4 is 52.9 Å². The molecule has 4 amide bonds. The molecule has 6 N–H and O–H groups in total. The van der Waals surface area contributed by atoms with Gasteiger partial charge in [0.05, 0.1) is 23.8 Å². The number of para-hydroxylation sites is 4. The molecular formula is C62H61N5O13. The number of ether oxygens (including phenoxy) is 6. The molecule has 0 aliphatic rings. The average Bonchev–Trinajstić information content (AvgIpc) is 3.48. The summed E-state index contributed by atoms with van der Waals surface area (Å²) in [6.07, 6.45) is -0.730. The van der Waals surface area contributed by atoms with Gasteiger partial charge in [-0.2, -0.15) is 0 Å². The maximum Gasteiger partial charge on any atom is 0.328 e. The molecule has 7 aromatic rings. The lowest BCUT2D eigenvalue weighted by Gasteiger charge is -2.21. The third-order valence-corrected chi connectivity index (χ3v) is 12.0. The number of carbonyl (C=O) groups excluding carboxylic acids is 7. The van der Waals surface area contributed by atoms with Crippen LogP contribution in [-0.4, -0.2) is 72.9 Å². The lowest BCUT2D eigenvalue weighted by atomic mass is 10.0. The van der Waals surface area contributed by atoms with Crippen LogP contribution in [0.15, 0.2) is 194 Å². The first-order chi connectivity index (χ1) is 38.9. The van der Waals surface area contributed by atoms with E-state index in [1.807, 2.05) is 84.9 Å². The van der Waals surface area contributed by atoms with Crippen molar-refractivity contribution in [2.24, 2.45) is 5.73 Å². The fourth-order valence-electron chi connectivity index (χ4n) is 7.72. The number of nitrogens with two attached hydrogens (primary N) is 1. The van der Waals surface area contributed by atoms with Crippen molar-refractivity contribution in [2.45, 2.75) is 70.2 Å². The van der Waals surface area contributed by atoms with E-state index in [-0.39, 0.29) is 62.0 Å². The highest BCUT2D eigenvalue weighted by Crippen LogP contribution is 2.26. The molecule has 0 aliphatic carbocycles. The molecule has 0 radical (unpaired) electrons. The molecule has 0 aliphatic heterocycles. The van der Waals surface area contributed by atoms with E-state index in [1.54, 1.807) is 91.0 Å². The van der Waals surface area contributed by atoms with E-state index in [2.05, 4.69) is 21.3 Å². The molecule has 18 nitrogen and oxygen atoms in total. The summed E-state index contributed by atoms with van der Waals surface area (Å²) in [4.78, 5) is 93.2. The molecule has 0 spiro atoms. The molecule has 412 valence electrons. The van der Waals surface area contributed by atoms with Gasteiger partial charge in [0, 0.05) is 12.8 Å². The Bertz CT molecular complexity index is 3130. The van der Waals surface area contributed by atoms with E-state index in [0.29, 0.717) is 17.9 Å². The quantitative estimate of drug-likeness (QED) is 0.0225. The van der Waals surface area contributed by atoms with Crippen molar-refractivity contribution in [1.29, 1.82) is 0 Å². The van der Waals surface area contributed by atoms with E-state index >= 15 is 0 Å². The summed E-state index contributed by atoms with van der Waals surface area (Å²) in [5.41, 5.74) is 10.3. The third-order valence-electron chi connectivity index (χ3n) is 12.0. The van der Waals surface area contributed by atoms with Crippen LogP contribution in [0.1, 0.15) is 47.1 Å². The highest BCUT2D eigenvalue weighted by atomic mass is 16.5. The summed E-state index contributed by atoms with van der Waals surface area (Å²) >= 11 is 0. The SMILES string of the molecule is N[C@@H](CC(=O)OCc1ccccc1)C(=O)Nc1ccccc1OCC(=O)N[C@@H](Cc1ccc(OCc2ccccc2)cc1)C(=O)Nc1ccccc1OCC(=O)N[C@@H](CCC(=O)OCc1ccccc1)C(=O)OCc1ccccc1. The molecule has 0 heterocycles. The predicted octanol–water partition coefficient (Wildman–Crippen LogP) is 7.54. The van der Waals surface area contributed by atoms with Gasteiger partial charge in [-0.3, -0.25) is 28.8 Å². The van der Waals surface area contributed by atoms with Crippen LogP contribution in [0, 0.1) is 0 Å². The van der Waals surface area contributed by atoms with Gasteiger partial charge in [-0.1, -0.05) is 158 Å². The summed E-state index contributed by atoms with van der Waals surface area (Å²) in [6.45, 7) is -0.885. The van der Waals surface area contributed by atoms with Gasteiger partial charge in [0.15, 0.2) is 13.2 Å². The number of anilines is 2. The molecule has 80 heavy (non-hydrogen) atoms. The number of nitrogens with one attached hydrogen (secondary N) is 4. The van der Waals surface area contributed by atoms with Crippen LogP contribution in [0.2, 0.25) is 0 Å². The monoisotopic (exact) mass is 1080 g/mol. The van der Waals surface area contributed by atoms with E-state index < -0.39 is 79.3 Å². The van der Waals surface area contributed by atoms with Gasteiger partial charge < -0.3 is 55.4 Å². The minimum atomic E-state index is -1.26. The largest absolute Gasteiger partial charge is 0.489 e. The van der Waals surface area contributed by atoms with Gasteiger partial charge in [-0.15, -0.1) is 0 Å². The van der Waals surface area contributed by atoms with E-state index in [0.717, 1.165) is 22.3 Å². The van der Waals surface area contributed by atoms with Gasteiger partial charge in [0.1, 0.15) is 55.8 Å². The van der Waals surface area contributed by atoms with Crippen molar-refractivity contribution < 1.29 is 62.0 Å². The standard InChI is InChI=1S/C62H61N5O13/c63-49(36-59(71)79-39-46-21-9-3-10-22-46)60(72)66-50-25-13-15-27-54(50)77-42-57(69)65-53(35-43-29-31-48(32-30-43)75-37-44-17-5-1-6-18-44)61(73)67-51-26-14-16-28-55(51)76-41-56(68)64-52(62(74)80-40-47-23-11-4-12-24-47)33-34-58(70)78-38-45-19-7-2-8-20-45/h1-32,49,52-53H,33-42,63H2,(H,64,68)(H,65,69)(H,66,72)(H,67,73)/t49-,52-,53-/m0/s1. The molecule has 7 aromatic carbocycles. The summed E-state index contributed by atoms with van der Waals surface area (Å²) < 4.78 is 33.9. The fourth-order valence-corrected chi connectivity index (χ4v) is 7.72. The first-order valence-electron chi connectivity index (χ1n) is 25.7. The summed E-state index contributed by atoms with van der Waals surface area (Å²) in [5, 5.41) is 10.8.